The quantitative estimate of drug-likeness (QED) is 0.802. The van der Waals surface area contributed by atoms with Gasteiger partial charge in [0.2, 0.25) is 5.01 Å². The van der Waals surface area contributed by atoms with Gasteiger partial charge in [0.25, 0.3) is 0 Å². The van der Waals surface area contributed by atoms with Crippen molar-refractivity contribution in [3.63, 3.8) is 0 Å². The predicted molar refractivity (Wildman–Crippen MR) is 64.0 cm³/mol. The highest BCUT2D eigenvalue weighted by Gasteiger charge is 2.10. The van der Waals surface area contributed by atoms with Crippen molar-refractivity contribution >= 4 is 17.3 Å². The Labute approximate surface area is 99.3 Å². The molecule has 0 radical (unpaired) electrons. The fraction of sp³-hybridized carbons (Fsp3) is 0.600. The highest BCUT2D eigenvalue weighted by Crippen LogP contribution is 2.10. The third kappa shape index (κ3) is 4.26. The van der Waals surface area contributed by atoms with E-state index in [2.05, 4.69) is 14.8 Å². The zero-order valence-corrected chi connectivity index (χ0v) is 10.6. The molecule has 0 aromatic carbocycles. The van der Waals surface area contributed by atoms with E-state index in [1.165, 1.54) is 11.3 Å². The number of aromatic nitrogens is 1. The molecule has 90 valence electrons. The Hall–Kier alpha value is -0.980. The minimum Gasteiger partial charge on any atom is -0.476 e. The monoisotopic (exact) mass is 243 g/mol. The van der Waals surface area contributed by atoms with Gasteiger partial charge in [-0.15, -0.1) is 11.3 Å². The normalized spacial score (nSPS) is 11.3. The lowest BCUT2D eigenvalue weighted by Gasteiger charge is -2.17. The topological polar surface area (TPSA) is 56.7 Å². The second kappa shape index (κ2) is 5.93. The van der Waals surface area contributed by atoms with Gasteiger partial charge in [0.1, 0.15) is 0 Å². The van der Waals surface area contributed by atoms with Gasteiger partial charge in [-0.2, -0.15) is 0 Å². The van der Waals surface area contributed by atoms with Crippen molar-refractivity contribution in [3.8, 4) is 0 Å². The Balaban J connectivity index is 2.43. The minimum atomic E-state index is -0.952. The number of hydrogen-bond donors (Lipinski definition) is 1. The number of aromatic carboxylic acids is 1. The van der Waals surface area contributed by atoms with Crippen molar-refractivity contribution in [1.82, 2.24) is 14.8 Å². The van der Waals surface area contributed by atoms with E-state index < -0.39 is 5.97 Å². The van der Waals surface area contributed by atoms with E-state index in [1.807, 2.05) is 21.1 Å². The summed E-state index contributed by atoms with van der Waals surface area (Å²) < 4.78 is 0. The lowest BCUT2D eigenvalue weighted by atomic mass is 10.4. The van der Waals surface area contributed by atoms with Crippen LogP contribution in [-0.4, -0.2) is 60.1 Å². The van der Waals surface area contributed by atoms with Crippen molar-refractivity contribution in [2.75, 3.05) is 34.2 Å². The van der Waals surface area contributed by atoms with Gasteiger partial charge < -0.3 is 10.0 Å². The fourth-order valence-electron chi connectivity index (χ4n) is 1.20. The number of carboxylic acid groups (broad SMARTS) is 1. The molecule has 0 unspecified atom stereocenters. The van der Waals surface area contributed by atoms with Crippen LogP contribution in [0.2, 0.25) is 0 Å². The number of thiazole rings is 1. The second-order valence-electron chi connectivity index (χ2n) is 3.99. The van der Waals surface area contributed by atoms with Crippen molar-refractivity contribution < 1.29 is 9.90 Å². The summed E-state index contributed by atoms with van der Waals surface area (Å²) in [6.07, 6.45) is 0. The highest BCUT2D eigenvalue weighted by molar-refractivity contribution is 7.11. The summed E-state index contributed by atoms with van der Waals surface area (Å²) in [5, 5.41) is 10.7. The number of hydrogen-bond acceptors (Lipinski definition) is 5. The van der Waals surface area contributed by atoms with Crippen molar-refractivity contribution in [1.29, 1.82) is 0 Å². The van der Waals surface area contributed by atoms with Crippen LogP contribution < -0.4 is 0 Å². The van der Waals surface area contributed by atoms with E-state index in [0.717, 1.165) is 18.8 Å². The van der Waals surface area contributed by atoms with Crippen LogP contribution in [0.25, 0.3) is 0 Å². The van der Waals surface area contributed by atoms with E-state index >= 15 is 0 Å². The summed E-state index contributed by atoms with van der Waals surface area (Å²) in [6, 6.07) is 0. The summed E-state index contributed by atoms with van der Waals surface area (Å²) in [4.78, 5) is 18.9. The molecule has 6 heteroatoms. The Morgan fingerprint density at radius 3 is 2.62 bits per heavy atom. The number of likely N-dealkylation sites (N-methyl/N-ethyl adjacent to an activating group) is 2. The zero-order valence-electron chi connectivity index (χ0n) is 9.80. The number of carboxylic acids is 1. The molecule has 0 amide bonds. The Morgan fingerprint density at radius 2 is 2.12 bits per heavy atom. The molecule has 1 heterocycles. The summed E-state index contributed by atoms with van der Waals surface area (Å²) >= 11 is 1.18. The molecule has 1 aromatic heterocycles. The molecular weight excluding hydrogens is 226 g/mol. The average molecular weight is 243 g/mol. The molecule has 0 aliphatic carbocycles. The average Bonchev–Trinajstić information content (AvgIpc) is 2.63. The molecule has 0 saturated carbocycles. The molecule has 0 saturated heterocycles. The second-order valence-corrected chi connectivity index (χ2v) is 4.85. The smallest absolute Gasteiger partial charge is 0.365 e. The van der Waals surface area contributed by atoms with Crippen LogP contribution in [-0.2, 0) is 6.54 Å². The van der Waals surface area contributed by atoms with E-state index in [-0.39, 0.29) is 5.01 Å². The van der Waals surface area contributed by atoms with Gasteiger partial charge in [-0.1, -0.05) is 0 Å². The molecule has 1 rings (SSSR count). The van der Waals surface area contributed by atoms with Gasteiger partial charge in [0.15, 0.2) is 0 Å². The Bertz CT molecular complexity index is 352. The summed E-state index contributed by atoms with van der Waals surface area (Å²) in [5.74, 6) is -0.952. The first-order valence-corrected chi connectivity index (χ1v) is 5.88. The lowest BCUT2D eigenvalue weighted by Crippen LogP contribution is -2.28. The first-order valence-electron chi connectivity index (χ1n) is 5.00. The van der Waals surface area contributed by atoms with E-state index in [9.17, 15) is 4.79 Å². The molecule has 0 fully saturated rings. The maximum absolute atomic E-state index is 10.6. The van der Waals surface area contributed by atoms with Gasteiger partial charge in [-0.05, 0) is 21.1 Å². The highest BCUT2D eigenvalue weighted by atomic mass is 32.1. The molecule has 0 bridgehead atoms. The van der Waals surface area contributed by atoms with Crippen LogP contribution in [0.15, 0.2) is 5.38 Å². The molecule has 16 heavy (non-hydrogen) atoms. The maximum atomic E-state index is 10.6. The molecule has 1 N–H and O–H groups in total. The fourth-order valence-corrected chi connectivity index (χ4v) is 1.85. The third-order valence-electron chi connectivity index (χ3n) is 2.10. The van der Waals surface area contributed by atoms with Gasteiger partial charge in [-0.3, -0.25) is 4.90 Å². The number of carbonyl (C=O) groups is 1. The number of rotatable bonds is 6. The summed E-state index contributed by atoms with van der Waals surface area (Å²) in [7, 11) is 6.06. The van der Waals surface area contributed by atoms with Crippen LogP contribution in [0, 0.1) is 0 Å². The van der Waals surface area contributed by atoms with Crippen molar-refractivity contribution in [2.45, 2.75) is 6.54 Å². The van der Waals surface area contributed by atoms with Gasteiger partial charge in [0.05, 0.1) is 5.69 Å². The van der Waals surface area contributed by atoms with Gasteiger partial charge in [-0.25, -0.2) is 9.78 Å². The summed E-state index contributed by atoms with van der Waals surface area (Å²) in [6.45, 7) is 2.61. The molecule has 0 atom stereocenters. The SMILES string of the molecule is CN(C)CCN(C)Cc1csc(C(=O)O)n1. The molecule has 0 spiro atoms. The van der Waals surface area contributed by atoms with Gasteiger partial charge >= 0.3 is 5.97 Å². The maximum Gasteiger partial charge on any atom is 0.365 e. The van der Waals surface area contributed by atoms with Crippen LogP contribution in [0.5, 0.6) is 0 Å². The van der Waals surface area contributed by atoms with Crippen molar-refractivity contribution in [3.05, 3.63) is 16.1 Å². The molecule has 5 nitrogen and oxygen atoms in total. The Kier molecular flexibility index (Phi) is 4.85. The molecule has 0 aliphatic heterocycles. The zero-order chi connectivity index (χ0) is 12.1. The Morgan fingerprint density at radius 1 is 1.44 bits per heavy atom. The molecule has 1 aromatic rings. The van der Waals surface area contributed by atoms with E-state index in [4.69, 9.17) is 5.11 Å². The summed E-state index contributed by atoms with van der Waals surface area (Å²) in [5.41, 5.74) is 0.823. The molecular formula is C10H17N3O2S. The van der Waals surface area contributed by atoms with Gasteiger partial charge in [0, 0.05) is 25.0 Å². The minimum absolute atomic E-state index is 0.163. The van der Waals surface area contributed by atoms with E-state index in [0.29, 0.717) is 6.54 Å². The van der Waals surface area contributed by atoms with Crippen LogP contribution in [0.4, 0.5) is 0 Å². The first kappa shape index (κ1) is 13.1. The van der Waals surface area contributed by atoms with Crippen LogP contribution >= 0.6 is 11.3 Å². The largest absolute Gasteiger partial charge is 0.476 e. The third-order valence-corrected chi connectivity index (χ3v) is 2.97. The molecule has 0 aliphatic rings. The van der Waals surface area contributed by atoms with Crippen LogP contribution in [0.1, 0.15) is 15.5 Å². The van der Waals surface area contributed by atoms with E-state index in [1.54, 1.807) is 5.38 Å². The standard InChI is InChI=1S/C10H17N3O2S/c1-12(2)4-5-13(3)6-8-7-16-9(11-8)10(14)15/h7H,4-6H2,1-3H3,(H,14,15). The lowest BCUT2D eigenvalue weighted by molar-refractivity contribution is 0.0696. The van der Waals surface area contributed by atoms with Crippen LogP contribution in [0.3, 0.4) is 0 Å². The number of nitrogens with zero attached hydrogens (tertiary/aromatic N) is 3. The van der Waals surface area contributed by atoms with Crippen molar-refractivity contribution in [2.24, 2.45) is 0 Å². The predicted octanol–water partition coefficient (Wildman–Crippen LogP) is 0.835. The first-order chi connectivity index (χ1) is 7.49.